The van der Waals surface area contributed by atoms with Crippen molar-refractivity contribution in [1.29, 1.82) is 5.26 Å². The van der Waals surface area contributed by atoms with Gasteiger partial charge < -0.3 is 10.0 Å². The van der Waals surface area contributed by atoms with Crippen LogP contribution in [-0.2, 0) is 10.0 Å². The molecule has 2 aliphatic rings. The van der Waals surface area contributed by atoms with E-state index in [1.54, 1.807) is 12.1 Å². The van der Waals surface area contributed by atoms with Crippen molar-refractivity contribution < 1.29 is 13.5 Å². The predicted octanol–water partition coefficient (Wildman–Crippen LogP) is 1.03. The van der Waals surface area contributed by atoms with Gasteiger partial charge >= 0.3 is 0 Å². The van der Waals surface area contributed by atoms with Crippen molar-refractivity contribution in [3.63, 3.8) is 0 Å². The van der Waals surface area contributed by atoms with Crippen LogP contribution < -0.4 is 0 Å². The van der Waals surface area contributed by atoms with E-state index in [0.29, 0.717) is 19.5 Å². The fraction of sp³-hybridized carbons (Fsp3) is 0.588. The zero-order valence-electron chi connectivity index (χ0n) is 13.9. The standard InChI is InChI=1S/C17H23N3O3S/c1-19-9-4-7-17(13-21)8-10-20(12-16(17)19)24(22,23)15-6-3-2-5-14(15)11-18/h2-3,5-6,16,21H,4,7-10,12-13H2,1H3/t16-,17-/m1/s1. The molecule has 0 aromatic heterocycles. The number of hydrogen-bond acceptors (Lipinski definition) is 5. The Morgan fingerprint density at radius 2 is 2.08 bits per heavy atom. The molecule has 130 valence electrons. The van der Waals surface area contributed by atoms with Gasteiger partial charge in [-0.15, -0.1) is 0 Å². The molecule has 0 unspecified atom stereocenters. The number of likely N-dealkylation sites (N-methyl/N-ethyl adjacent to an activating group) is 1. The minimum Gasteiger partial charge on any atom is -0.396 e. The second kappa shape index (κ2) is 6.45. The molecule has 2 fully saturated rings. The zero-order valence-corrected chi connectivity index (χ0v) is 14.7. The molecule has 7 heteroatoms. The Labute approximate surface area is 143 Å². The summed E-state index contributed by atoms with van der Waals surface area (Å²) in [7, 11) is -1.72. The van der Waals surface area contributed by atoms with Crippen molar-refractivity contribution in [3.05, 3.63) is 29.8 Å². The van der Waals surface area contributed by atoms with Crippen LogP contribution in [0.1, 0.15) is 24.8 Å². The van der Waals surface area contributed by atoms with Gasteiger partial charge in [0.15, 0.2) is 0 Å². The van der Waals surface area contributed by atoms with Gasteiger partial charge in [0.1, 0.15) is 6.07 Å². The van der Waals surface area contributed by atoms with Crippen molar-refractivity contribution in [2.75, 3.05) is 33.3 Å². The third kappa shape index (κ3) is 2.74. The van der Waals surface area contributed by atoms with E-state index in [2.05, 4.69) is 4.90 Å². The van der Waals surface area contributed by atoms with Gasteiger partial charge in [-0.05, 0) is 45.0 Å². The summed E-state index contributed by atoms with van der Waals surface area (Å²) in [5, 5.41) is 19.2. The van der Waals surface area contributed by atoms with Crippen molar-refractivity contribution in [2.24, 2.45) is 5.41 Å². The van der Waals surface area contributed by atoms with Gasteiger partial charge in [-0.3, -0.25) is 0 Å². The second-order valence-corrected chi connectivity index (χ2v) is 8.75. The summed E-state index contributed by atoms with van der Waals surface area (Å²) < 4.78 is 27.5. The molecule has 1 aromatic carbocycles. The highest BCUT2D eigenvalue weighted by Crippen LogP contribution is 2.42. The van der Waals surface area contributed by atoms with E-state index in [1.165, 1.54) is 16.4 Å². The average molecular weight is 349 g/mol. The minimum atomic E-state index is -3.71. The maximum Gasteiger partial charge on any atom is 0.244 e. The molecule has 1 aromatic rings. The van der Waals surface area contributed by atoms with E-state index >= 15 is 0 Å². The van der Waals surface area contributed by atoms with Crippen LogP contribution in [0.15, 0.2) is 29.2 Å². The Balaban J connectivity index is 1.93. The molecule has 24 heavy (non-hydrogen) atoms. The van der Waals surface area contributed by atoms with Gasteiger partial charge in [0.05, 0.1) is 17.1 Å². The summed E-state index contributed by atoms with van der Waals surface area (Å²) >= 11 is 0. The SMILES string of the molecule is CN1CCC[C@]2(CO)CCN(S(=O)(=O)c3ccccc3C#N)C[C@@H]12. The number of fused-ring (bicyclic) bond motifs is 1. The molecule has 0 radical (unpaired) electrons. The number of piperidine rings is 2. The number of hydrogen-bond donors (Lipinski definition) is 1. The van der Waals surface area contributed by atoms with Gasteiger partial charge in [-0.1, -0.05) is 12.1 Å². The third-order valence-electron chi connectivity index (χ3n) is 5.60. The quantitative estimate of drug-likeness (QED) is 0.881. The molecule has 2 atom stereocenters. The Hall–Kier alpha value is -1.46. The van der Waals surface area contributed by atoms with Crippen LogP contribution in [0.5, 0.6) is 0 Å². The van der Waals surface area contributed by atoms with E-state index < -0.39 is 10.0 Å². The van der Waals surface area contributed by atoms with Crippen molar-refractivity contribution in [3.8, 4) is 6.07 Å². The number of aliphatic hydroxyl groups excluding tert-OH is 1. The number of nitriles is 1. The summed E-state index contributed by atoms with van der Waals surface area (Å²) in [5.41, 5.74) is -0.0400. The summed E-state index contributed by atoms with van der Waals surface area (Å²) in [6.07, 6.45) is 2.60. The van der Waals surface area contributed by atoms with Crippen LogP contribution in [0.25, 0.3) is 0 Å². The number of nitrogens with zero attached hydrogens (tertiary/aromatic N) is 3. The van der Waals surface area contributed by atoms with Crippen molar-refractivity contribution in [1.82, 2.24) is 9.21 Å². The van der Waals surface area contributed by atoms with E-state index in [9.17, 15) is 18.8 Å². The minimum absolute atomic E-state index is 0.00835. The van der Waals surface area contributed by atoms with Gasteiger partial charge in [0, 0.05) is 24.5 Å². The molecule has 3 rings (SSSR count). The number of aliphatic hydroxyl groups is 1. The van der Waals surface area contributed by atoms with Gasteiger partial charge in [0.2, 0.25) is 10.0 Å². The van der Waals surface area contributed by atoms with Crippen LogP contribution in [0.4, 0.5) is 0 Å². The molecule has 0 bridgehead atoms. The molecule has 6 nitrogen and oxygen atoms in total. The van der Waals surface area contributed by atoms with Crippen LogP contribution in [0.3, 0.4) is 0 Å². The number of sulfonamides is 1. The normalized spacial score (nSPS) is 29.0. The Morgan fingerprint density at radius 1 is 1.33 bits per heavy atom. The molecule has 2 saturated heterocycles. The molecule has 2 heterocycles. The maximum atomic E-state index is 13.0. The number of benzene rings is 1. The van der Waals surface area contributed by atoms with Crippen LogP contribution >= 0.6 is 0 Å². The fourth-order valence-electron chi connectivity index (χ4n) is 4.13. The first kappa shape index (κ1) is 17.4. The Kier molecular flexibility index (Phi) is 4.67. The van der Waals surface area contributed by atoms with Crippen LogP contribution in [0, 0.1) is 16.7 Å². The third-order valence-corrected chi connectivity index (χ3v) is 7.52. The molecular formula is C17H23N3O3S. The van der Waals surface area contributed by atoms with Crippen molar-refractivity contribution >= 4 is 10.0 Å². The summed E-state index contributed by atoms with van der Waals surface area (Å²) in [6, 6.07) is 8.31. The largest absolute Gasteiger partial charge is 0.396 e. The zero-order chi connectivity index (χ0) is 17.4. The summed E-state index contributed by atoms with van der Waals surface area (Å²) in [5.74, 6) is 0. The lowest BCUT2D eigenvalue weighted by molar-refractivity contribution is -0.0508. The van der Waals surface area contributed by atoms with Gasteiger partial charge in [-0.2, -0.15) is 9.57 Å². The number of rotatable bonds is 3. The van der Waals surface area contributed by atoms with E-state index in [0.717, 1.165) is 19.4 Å². The van der Waals surface area contributed by atoms with E-state index in [-0.39, 0.29) is 28.5 Å². The highest BCUT2D eigenvalue weighted by Gasteiger charge is 2.48. The molecule has 0 amide bonds. The highest BCUT2D eigenvalue weighted by atomic mass is 32.2. The van der Waals surface area contributed by atoms with Crippen molar-refractivity contribution in [2.45, 2.75) is 30.2 Å². The lowest BCUT2D eigenvalue weighted by Crippen LogP contribution is -2.62. The first-order valence-electron chi connectivity index (χ1n) is 8.25. The fourth-order valence-corrected chi connectivity index (χ4v) is 5.72. The lowest BCUT2D eigenvalue weighted by atomic mass is 9.69. The molecule has 2 aliphatic heterocycles. The summed E-state index contributed by atoms with van der Waals surface area (Å²) in [6.45, 7) is 1.74. The maximum absolute atomic E-state index is 13.0. The lowest BCUT2D eigenvalue weighted by Gasteiger charge is -2.53. The first-order valence-corrected chi connectivity index (χ1v) is 9.69. The summed E-state index contributed by atoms with van der Waals surface area (Å²) in [4.78, 5) is 2.24. The predicted molar refractivity (Wildman–Crippen MR) is 89.7 cm³/mol. The van der Waals surface area contributed by atoms with E-state index in [4.69, 9.17) is 0 Å². The molecule has 0 aliphatic carbocycles. The molecule has 1 N–H and O–H groups in total. The van der Waals surface area contributed by atoms with Gasteiger partial charge in [0.25, 0.3) is 0 Å². The molecule has 0 spiro atoms. The van der Waals surface area contributed by atoms with Crippen LogP contribution in [0.2, 0.25) is 0 Å². The smallest absolute Gasteiger partial charge is 0.244 e. The second-order valence-electron chi connectivity index (χ2n) is 6.84. The van der Waals surface area contributed by atoms with E-state index in [1.807, 2.05) is 13.1 Å². The first-order chi connectivity index (χ1) is 11.4. The monoisotopic (exact) mass is 349 g/mol. The molecule has 0 saturated carbocycles. The topological polar surface area (TPSA) is 84.6 Å². The Morgan fingerprint density at radius 3 is 2.79 bits per heavy atom. The van der Waals surface area contributed by atoms with Crippen LogP contribution in [-0.4, -0.2) is 62.1 Å². The Bertz CT molecular complexity index is 759. The molecular weight excluding hydrogens is 326 g/mol. The number of likely N-dealkylation sites (tertiary alicyclic amines) is 1. The highest BCUT2D eigenvalue weighted by molar-refractivity contribution is 7.89. The average Bonchev–Trinajstić information content (AvgIpc) is 2.61. The van der Waals surface area contributed by atoms with Gasteiger partial charge in [-0.25, -0.2) is 8.42 Å².